The minimum Gasteiger partial charge on any atom is -0.481 e. The van der Waals surface area contributed by atoms with E-state index in [1.165, 1.54) is 44.6 Å². The van der Waals surface area contributed by atoms with Crippen molar-refractivity contribution in [3.05, 3.63) is 12.7 Å². The second-order valence-electron chi connectivity index (χ2n) is 6.55. The molecule has 0 rings (SSSR count). The van der Waals surface area contributed by atoms with Gasteiger partial charge < -0.3 is 15.2 Å². The van der Waals surface area contributed by atoms with Gasteiger partial charge >= 0.3 is 11.9 Å². The Kier molecular flexibility index (Phi) is 15.4. The van der Waals surface area contributed by atoms with Gasteiger partial charge in [0.15, 0.2) is 0 Å². The predicted molar refractivity (Wildman–Crippen MR) is 102 cm³/mol. The zero-order valence-corrected chi connectivity index (χ0v) is 16.1. The van der Waals surface area contributed by atoms with Crippen molar-refractivity contribution in [3.8, 4) is 0 Å². The van der Waals surface area contributed by atoms with Crippen LogP contribution in [0, 0.1) is 0 Å². The number of nitrogens with one attached hydrogen (secondary N) is 1. The first-order valence-corrected chi connectivity index (χ1v) is 9.80. The first kappa shape index (κ1) is 24.1. The van der Waals surface area contributed by atoms with E-state index in [9.17, 15) is 14.4 Å². The molecule has 0 fully saturated rings. The maximum absolute atomic E-state index is 12.0. The third kappa shape index (κ3) is 14.5. The molecule has 0 aliphatic carbocycles. The molecule has 6 heteroatoms. The van der Waals surface area contributed by atoms with Gasteiger partial charge in [-0.3, -0.25) is 9.59 Å². The number of hydrogen-bond acceptors (Lipinski definition) is 4. The Labute approximate surface area is 157 Å². The number of hydrogen-bond donors (Lipinski definition) is 2. The van der Waals surface area contributed by atoms with Crippen LogP contribution in [-0.2, 0) is 19.1 Å². The fourth-order valence-electron chi connectivity index (χ4n) is 2.62. The fraction of sp³-hybridized carbons (Fsp3) is 0.750. The summed E-state index contributed by atoms with van der Waals surface area (Å²) in [6.45, 7) is 5.70. The van der Waals surface area contributed by atoms with Gasteiger partial charge in [0.25, 0.3) is 0 Å². The van der Waals surface area contributed by atoms with Crippen LogP contribution < -0.4 is 5.32 Å². The van der Waals surface area contributed by atoms with Gasteiger partial charge in [0, 0.05) is 12.8 Å². The monoisotopic (exact) mass is 369 g/mol. The number of aliphatic carboxylic acids is 1. The second kappa shape index (κ2) is 16.6. The quantitative estimate of drug-likeness (QED) is 0.230. The number of carboxylic acids is 1. The largest absolute Gasteiger partial charge is 0.481 e. The lowest BCUT2D eigenvalue weighted by atomic mass is 10.1. The Morgan fingerprint density at radius 2 is 1.58 bits per heavy atom. The molecule has 0 bridgehead atoms. The van der Waals surface area contributed by atoms with Crippen molar-refractivity contribution in [2.75, 3.05) is 6.61 Å². The molecule has 0 saturated heterocycles. The van der Waals surface area contributed by atoms with E-state index in [1.807, 2.05) is 0 Å². The van der Waals surface area contributed by atoms with Crippen molar-refractivity contribution < 1.29 is 24.2 Å². The molecule has 1 unspecified atom stereocenters. The standard InChI is InChI=1S/C20H35NO5/c1-3-5-6-7-8-9-10-11-12-13-18(22)21-17(14-15-19(23)24)20(25)26-16-4-2/h4,17H,2-3,5-16H2,1H3,(H,21,22)(H,23,24). The van der Waals surface area contributed by atoms with E-state index in [2.05, 4.69) is 18.8 Å². The van der Waals surface area contributed by atoms with Crippen LogP contribution in [0.25, 0.3) is 0 Å². The first-order chi connectivity index (χ1) is 12.5. The smallest absolute Gasteiger partial charge is 0.328 e. The minimum atomic E-state index is -1.01. The van der Waals surface area contributed by atoms with Crippen LogP contribution in [-0.4, -0.2) is 35.6 Å². The van der Waals surface area contributed by atoms with Crippen LogP contribution in [0.2, 0.25) is 0 Å². The van der Waals surface area contributed by atoms with Gasteiger partial charge in [0.1, 0.15) is 12.6 Å². The summed E-state index contributed by atoms with van der Waals surface area (Å²) in [6.07, 6.45) is 12.1. The predicted octanol–water partition coefficient (Wildman–Crippen LogP) is 3.99. The lowest BCUT2D eigenvalue weighted by molar-refractivity contribution is -0.147. The summed E-state index contributed by atoms with van der Waals surface area (Å²) in [7, 11) is 0. The van der Waals surface area contributed by atoms with Gasteiger partial charge in [0.2, 0.25) is 5.91 Å². The van der Waals surface area contributed by atoms with Gasteiger partial charge in [0.05, 0.1) is 0 Å². The Morgan fingerprint density at radius 3 is 2.12 bits per heavy atom. The first-order valence-electron chi connectivity index (χ1n) is 9.80. The van der Waals surface area contributed by atoms with Crippen molar-refractivity contribution >= 4 is 17.8 Å². The van der Waals surface area contributed by atoms with Gasteiger partial charge in [-0.1, -0.05) is 70.9 Å². The topological polar surface area (TPSA) is 92.7 Å². The molecule has 2 N–H and O–H groups in total. The molecule has 0 spiro atoms. The maximum Gasteiger partial charge on any atom is 0.328 e. The molecule has 150 valence electrons. The van der Waals surface area contributed by atoms with Gasteiger partial charge in [-0.2, -0.15) is 0 Å². The lowest BCUT2D eigenvalue weighted by Gasteiger charge is -2.16. The molecule has 0 aromatic heterocycles. The number of carbonyl (C=O) groups is 3. The molecule has 0 aliphatic rings. The molecule has 1 atom stereocenters. The molecular formula is C20H35NO5. The molecular weight excluding hydrogens is 334 g/mol. The van der Waals surface area contributed by atoms with Crippen LogP contribution in [0.5, 0.6) is 0 Å². The Morgan fingerprint density at radius 1 is 1.00 bits per heavy atom. The summed E-state index contributed by atoms with van der Waals surface area (Å²) in [5.74, 6) is -1.87. The molecule has 1 amide bonds. The third-order valence-electron chi connectivity index (χ3n) is 4.12. The van der Waals surface area contributed by atoms with Crippen molar-refractivity contribution in [3.63, 3.8) is 0 Å². The molecule has 0 aromatic rings. The molecule has 0 saturated carbocycles. The van der Waals surface area contributed by atoms with Gasteiger partial charge in [-0.15, -0.1) is 0 Å². The van der Waals surface area contributed by atoms with E-state index in [0.717, 1.165) is 19.3 Å². The summed E-state index contributed by atoms with van der Waals surface area (Å²) in [4.78, 5) is 34.6. The van der Waals surface area contributed by atoms with Crippen LogP contribution in [0.15, 0.2) is 12.7 Å². The third-order valence-corrected chi connectivity index (χ3v) is 4.12. The van der Waals surface area contributed by atoms with Crippen molar-refractivity contribution in [2.45, 2.75) is 90.0 Å². The Hall–Kier alpha value is -1.85. The zero-order chi connectivity index (χ0) is 19.6. The number of carboxylic acid groups (broad SMARTS) is 1. The van der Waals surface area contributed by atoms with E-state index in [0.29, 0.717) is 6.42 Å². The van der Waals surface area contributed by atoms with Crippen LogP contribution >= 0.6 is 0 Å². The number of rotatable bonds is 17. The summed E-state index contributed by atoms with van der Waals surface area (Å²) in [5, 5.41) is 11.4. The average Bonchev–Trinajstić information content (AvgIpc) is 2.61. The van der Waals surface area contributed by atoms with E-state index in [-0.39, 0.29) is 25.4 Å². The highest BCUT2D eigenvalue weighted by Crippen LogP contribution is 2.10. The summed E-state index contributed by atoms with van der Waals surface area (Å²) in [6, 6.07) is -0.919. The van der Waals surface area contributed by atoms with E-state index in [4.69, 9.17) is 9.84 Å². The van der Waals surface area contributed by atoms with Crippen LogP contribution in [0.1, 0.15) is 84.0 Å². The maximum atomic E-state index is 12.0. The van der Waals surface area contributed by atoms with E-state index in [1.54, 1.807) is 0 Å². The molecule has 0 radical (unpaired) electrons. The molecule has 0 heterocycles. The van der Waals surface area contributed by atoms with Gasteiger partial charge in [-0.05, 0) is 12.8 Å². The SMILES string of the molecule is C=CCOC(=O)C(CCC(=O)O)NC(=O)CCCCCCCCCCC. The number of unbranched alkanes of at least 4 members (excludes halogenated alkanes) is 8. The fourth-order valence-corrected chi connectivity index (χ4v) is 2.62. The van der Waals surface area contributed by atoms with Gasteiger partial charge in [-0.25, -0.2) is 4.79 Å². The summed E-state index contributed by atoms with van der Waals surface area (Å²) in [5.41, 5.74) is 0. The number of amides is 1. The normalized spacial score (nSPS) is 11.6. The average molecular weight is 370 g/mol. The zero-order valence-electron chi connectivity index (χ0n) is 16.1. The van der Waals surface area contributed by atoms with Crippen LogP contribution in [0.3, 0.4) is 0 Å². The number of esters is 1. The molecule has 0 aromatic carbocycles. The highest BCUT2D eigenvalue weighted by Gasteiger charge is 2.22. The van der Waals surface area contributed by atoms with E-state index >= 15 is 0 Å². The van der Waals surface area contributed by atoms with E-state index < -0.39 is 18.0 Å². The highest BCUT2D eigenvalue weighted by atomic mass is 16.5. The number of ether oxygens (including phenoxy) is 1. The molecule has 26 heavy (non-hydrogen) atoms. The van der Waals surface area contributed by atoms with Crippen molar-refractivity contribution in [1.82, 2.24) is 5.32 Å². The lowest BCUT2D eigenvalue weighted by Crippen LogP contribution is -2.42. The second-order valence-corrected chi connectivity index (χ2v) is 6.55. The van der Waals surface area contributed by atoms with Crippen molar-refractivity contribution in [2.24, 2.45) is 0 Å². The molecule has 6 nitrogen and oxygen atoms in total. The highest BCUT2D eigenvalue weighted by molar-refractivity contribution is 5.84. The summed E-state index contributed by atoms with van der Waals surface area (Å²) >= 11 is 0. The minimum absolute atomic E-state index is 0.0226. The Balaban J connectivity index is 3.98. The van der Waals surface area contributed by atoms with Crippen molar-refractivity contribution in [1.29, 1.82) is 0 Å². The summed E-state index contributed by atoms with van der Waals surface area (Å²) < 4.78 is 4.92. The Bertz CT molecular complexity index is 422. The number of carbonyl (C=O) groups excluding carboxylic acids is 2. The van der Waals surface area contributed by atoms with Crippen LogP contribution in [0.4, 0.5) is 0 Å². The molecule has 0 aliphatic heterocycles.